The maximum Gasteiger partial charge on any atom is 0.251 e. The van der Waals surface area contributed by atoms with Gasteiger partial charge in [0.2, 0.25) is 10.0 Å². The number of carbonyl (C=O) groups is 1. The number of amides is 1. The third-order valence-corrected chi connectivity index (χ3v) is 7.98. The second-order valence-electron chi connectivity index (χ2n) is 7.81. The Balaban J connectivity index is 1.58. The zero-order chi connectivity index (χ0) is 24.7. The average Bonchev–Trinajstić information content (AvgIpc) is 2.79. The number of aryl methyl sites for hydroxylation is 1. The quantitative estimate of drug-likeness (QED) is 0.326. The van der Waals surface area contributed by atoms with Gasteiger partial charge < -0.3 is 5.32 Å². The summed E-state index contributed by atoms with van der Waals surface area (Å²) in [6, 6.07) is 19.9. The molecule has 1 N–H and O–H groups in total. The Hall–Kier alpha value is -2.19. The van der Waals surface area contributed by atoms with Crippen molar-refractivity contribution in [3.63, 3.8) is 0 Å². The van der Waals surface area contributed by atoms with Gasteiger partial charge >= 0.3 is 0 Å². The summed E-state index contributed by atoms with van der Waals surface area (Å²) < 4.78 is 26.1. The minimum Gasteiger partial charge on any atom is -0.351 e. The molecule has 0 aliphatic carbocycles. The van der Waals surface area contributed by atoms with Gasteiger partial charge in [-0.3, -0.25) is 9.10 Å². The number of rotatable bonds is 10. The Kier molecular flexibility index (Phi) is 9.31. The first-order valence-electron chi connectivity index (χ1n) is 10.6. The smallest absolute Gasteiger partial charge is 0.251 e. The van der Waals surface area contributed by atoms with Crippen molar-refractivity contribution in [3.05, 3.63) is 99.0 Å². The van der Waals surface area contributed by atoms with E-state index in [1.165, 1.54) is 15.4 Å². The molecule has 3 rings (SSSR count). The molecule has 0 bridgehead atoms. The van der Waals surface area contributed by atoms with Gasteiger partial charge in [0.15, 0.2) is 0 Å². The summed E-state index contributed by atoms with van der Waals surface area (Å²) in [7, 11) is -3.62. The van der Waals surface area contributed by atoms with E-state index in [-0.39, 0.29) is 12.5 Å². The van der Waals surface area contributed by atoms with Crippen LogP contribution in [0.15, 0.2) is 66.7 Å². The van der Waals surface area contributed by atoms with E-state index in [0.717, 1.165) is 17.8 Å². The van der Waals surface area contributed by atoms with Crippen LogP contribution in [0.5, 0.6) is 0 Å². The molecule has 5 nitrogen and oxygen atoms in total. The van der Waals surface area contributed by atoms with E-state index < -0.39 is 10.0 Å². The van der Waals surface area contributed by atoms with E-state index in [1.807, 2.05) is 0 Å². The van der Waals surface area contributed by atoms with Crippen molar-refractivity contribution in [2.24, 2.45) is 0 Å². The van der Waals surface area contributed by atoms with Crippen molar-refractivity contribution in [1.29, 1.82) is 0 Å². The predicted octanol–water partition coefficient (Wildman–Crippen LogP) is 5.93. The standard InChI is InChI=1S/C25H26Cl2N2O3S2/c1-18-6-8-19(9-7-18)17-33-15-14-28-25(30)20-10-12-21(13-11-20)29(34(2,31)32)16-22-23(26)4-3-5-24(22)27/h3-13H,14-17H2,1-2H3,(H,28,30). The van der Waals surface area contributed by atoms with Crippen LogP contribution in [0.4, 0.5) is 5.69 Å². The number of sulfonamides is 1. The fourth-order valence-corrected chi connectivity index (χ4v) is 5.42. The molecule has 0 unspecified atom stereocenters. The van der Waals surface area contributed by atoms with Crippen molar-refractivity contribution in [3.8, 4) is 0 Å². The minimum atomic E-state index is -3.62. The number of nitrogens with zero attached hydrogens (tertiary/aromatic N) is 1. The molecule has 0 aliphatic heterocycles. The van der Waals surface area contributed by atoms with E-state index in [2.05, 4.69) is 36.5 Å². The normalized spacial score (nSPS) is 11.3. The Morgan fingerprint density at radius 3 is 2.18 bits per heavy atom. The van der Waals surface area contributed by atoms with Gasteiger partial charge in [-0.05, 0) is 48.9 Å². The highest BCUT2D eigenvalue weighted by molar-refractivity contribution is 7.98. The fourth-order valence-electron chi connectivity index (χ4n) is 3.22. The highest BCUT2D eigenvalue weighted by Gasteiger charge is 2.21. The molecule has 0 saturated carbocycles. The zero-order valence-corrected chi connectivity index (χ0v) is 22.1. The van der Waals surface area contributed by atoms with Crippen LogP contribution < -0.4 is 9.62 Å². The molecule has 0 radical (unpaired) electrons. The Morgan fingerprint density at radius 1 is 0.971 bits per heavy atom. The van der Waals surface area contributed by atoms with Crippen molar-refractivity contribution in [2.45, 2.75) is 19.2 Å². The number of hydrogen-bond acceptors (Lipinski definition) is 4. The number of halogens is 2. The lowest BCUT2D eigenvalue weighted by Crippen LogP contribution is -2.30. The molecule has 9 heteroatoms. The maximum absolute atomic E-state index is 12.5. The van der Waals surface area contributed by atoms with Gasteiger partial charge in [-0.25, -0.2) is 8.42 Å². The maximum atomic E-state index is 12.5. The number of benzene rings is 3. The summed E-state index contributed by atoms with van der Waals surface area (Å²) in [5, 5.41) is 3.67. The van der Waals surface area contributed by atoms with Crippen LogP contribution in [-0.4, -0.2) is 32.9 Å². The summed E-state index contributed by atoms with van der Waals surface area (Å²) in [6.45, 7) is 2.59. The lowest BCUT2D eigenvalue weighted by Gasteiger charge is -2.23. The van der Waals surface area contributed by atoms with Crippen molar-refractivity contribution >= 4 is 56.6 Å². The molecular weight excluding hydrogens is 511 g/mol. The first kappa shape index (κ1) is 26.4. The van der Waals surface area contributed by atoms with Crippen LogP contribution in [0.2, 0.25) is 10.0 Å². The lowest BCUT2D eigenvalue weighted by molar-refractivity contribution is 0.0956. The van der Waals surface area contributed by atoms with Crippen LogP contribution in [0.1, 0.15) is 27.0 Å². The van der Waals surface area contributed by atoms with Crippen molar-refractivity contribution in [1.82, 2.24) is 5.32 Å². The largest absolute Gasteiger partial charge is 0.351 e. The van der Waals surface area contributed by atoms with E-state index in [9.17, 15) is 13.2 Å². The molecule has 3 aromatic carbocycles. The van der Waals surface area contributed by atoms with Crippen molar-refractivity contribution < 1.29 is 13.2 Å². The molecule has 0 aliphatic rings. The van der Waals surface area contributed by atoms with Gasteiger partial charge in [-0.2, -0.15) is 11.8 Å². The molecule has 3 aromatic rings. The van der Waals surface area contributed by atoms with E-state index in [4.69, 9.17) is 23.2 Å². The van der Waals surface area contributed by atoms with Crippen LogP contribution in [0, 0.1) is 6.92 Å². The second kappa shape index (κ2) is 12.0. The molecule has 1 amide bonds. The van der Waals surface area contributed by atoms with Crippen LogP contribution >= 0.6 is 35.0 Å². The third kappa shape index (κ3) is 7.40. The second-order valence-corrected chi connectivity index (χ2v) is 11.6. The predicted molar refractivity (Wildman–Crippen MR) is 144 cm³/mol. The molecule has 0 heterocycles. The van der Waals surface area contributed by atoms with Crippen LogP contribution in [0.3, 0.4) is 0 Å². The molecule has 0 spiro atoms. The first-order valence-corrected chi connectivity index (χ1v) is 14.3. The van der Waals surface area contributed by atoms with Gasteiger partial charge in [0.25, 0.3) is 5.91 Å². The zero-order valence-electron chi connectivity index (χ0n) is 18.9. The summed E-state index contributed by atoms with van der Waals surface area (Å²) >= 11 is 14.2. The van der Waals surface area contributed by atoms with E-state index in [1.54, 1.807) is 54.2 Å². The molecule has 180 valence electrons. The average molecular weight is 538 g/mol. The van der Waals surface area contributed by atoms with Crippen LogP contribution in [0.25, 0.3) is 0 Å². The highest BCUT2D eigenvalue weighted by Crippen LogP contribution is 2.29. The first-order chi connectivity index (χ1) is 16.1. The number of thioether (sulfide) groups is 1. The van der Waals surface area contributed by atoms with Gasteiger partial charge in [0, 0.05) is 39.2 Å². The highest BCUT2D eigenvalue weighted by atomic mass is 35.5. The molecule has 0 saturated heterocycles. The summed E-state index contributed by atoms with van der Waals surface area (Å²) in [5.74, 6) is 1.47. The third-order valence-electron chi connectivity index (χ3n) is 5.10. The van der Waals surface area contributed by atoms with Crippen molar-refractivity contribution in [2.75, 3.05) is 22.9 Å². The van der Waals surface area contributed by atoms with Gasteiger partial charge in [-0.1, -0.05) is 59.1 Å². The molecule has 0 fully saturated rings. The fraction of sp³-hybridized carbons (Fsp3) is 0.240. The molecule has 34 heavy (non-hydrogen) atoms. The topological polar surface area (TPSA) is 66.5 Å². The number of hydrogen-bond donors (Lipinski definition) is 1. The number of nitrogens with one attached hydrogen (secondary N) is 1. The van der Waals surface area contributed by atoms with E-state index >= 15 is 0 Å². The SMILES string of the molecule is Cc1ccc(CSCCNC(=O)c2ccc(N(Cc3c(Cl)cccc3Cl)S(C)(=O)=O)cc2)cc1. The summed E-state index contributed by atoms with van der Waals surface area (Å²) in [4.78, 5) is 12.5. The van der Waals surface area contributed by atoms with Crippen LogP contribution in [-0.2, 0) is 22.3 Å². The van der Waals surface area contributed by atoms with Gasteiger partial charge in [-0.15, -0.1) is 0 Å². The molecule has 0 atom stereocenters. The Bertz CT molecular complexity index is 1210. The Morgan fingerprint density at radius 2 is 1.59 bits per heavy atom. The van der Waals surface area contributed by atoms with Gasteiger partial charge in [0.05, 0.1) is 18.5 Å². The van der Waals surface area contributed by atoms with E-state index in [0.29, 0.717) is 33.4 Å². The monoisotopic (exact) mass is 536 g/mol. The lowest BCUT2D eigenvalue weighted by atomic mass is 10.1. The number of anilines is 1. The Labute approximate surface area is 215 Å². The number of carbonyl (C=O) groups excluding carboxylic acids is 1. The minimum absolute atomic E-state index is 0.0128. The summed E-state index contributed by atoms with van der Waals surface area (Å²) in [6.07, 6.45) is 1.12. The molecule has 0 aromatic heterocycles. The molecular formula is C25H26Cl2N2O3S2. The summed E-state index contributed by atoms with van der Waals surface area (Å²) in [5.41, 5.74) is 3.88. The van der Waals surface area contributed by atoms with Gasteiger partial charge in [0.1, 0.15) is 0 Å².